The molecule has 0 saturated carbocycles. The van der Waals surface area contributed by atoms with Gasteiger partial charge in [0.25, 0.3) is 0 Å². The minimum absolute atomic E-state index is 0.230. The molecular formula is C17H24N2O3. The molecule has 0 aromatic heterocycles. The van der Waals surface area contributed by atoms with Crippen LogP contribution in [0.15, 0.2) is 18.2 Å². The van der Waals surface area contributed by atoms with E-state index in [9.17, 15) is 4.79 Å². The van der Waals surface area contributed by atoms with Crippen LogP contribution in [0.3, 0.4) is 0 Å². The second-order valence-corrected chi connectivity index (χ2v) is 5.93. The van der Waals surface area contributed by atoms with E-state index in [1.54, 1.807) is 0 Å². The van der Waals surface area contributed by atoms with Gasteiger partial charge in [-0.2, -0.15) is 0 Å². The highest BCUT2D eigenvalue weighted by molar-refractivity contribution is 5.76. The summed E-state index contributed by atoms with van der Waals surface area (Å²) >= 11 is 0. The highest BCUT2D eigenvalue weighted by Gasteiger charge is 2.19. The third kappa shape index (κ3) is 3.53. The number of fused-ring (bicyclic) bond motifs is 1. The first-order valence-corrected chi connectivity index (χ1v) is 8.16. The van der Waals surface area contributed by atoms with Crippen molar-refractivity contribution >= 4 is 5.91 Å². The molecule has 0 aliphatic carbocycles. The fraction of sp³-hybridized carbons (Fsp3) is 0.588. The molecule has 2 heterocycles. The normalized spacial score (nSPS) is 19.4. The molecule has 120 valence electrons. The molecular weight excluding hydrogens is 280 g/mol. The van der Waals surface area contributed by atoms with Gasteiger partial charge in [0.1, 0.15) is 0 Å². The number of nitrogens with one attached hydrogen (secondary N) is 1. The van der Waals surface area contributed by atoms with Gasteiger partial charge in [-0.05, 0) is 50.4 Å². The predicted octanol–water partition coefficient (Wildman–Crippen LogP) is 2.30. The van der Waals surface area contributed by atoms with Crippen LogP contribution >= 0.6 is 0 Å². The number of nitrogens with zero attached hydrogens (tertiary/aromatic N) is 1. The quantitative estimate of drug-likeness (QED) is 0.876. The van der Waals surface area contributed by atoms with E-state index < -0.39 is 0 Å². The van der Waals surface area contributed by atoms with Crippen LogP contribution in [0.2, 0.25) is 0 Å². The molecule has 5 nitrogen and oxygen atoms in total. The topological polar surface area (TPSA) is 50.8 Å². The molecule has 1 amide bonds. The van der Waals surface area contributed by atoms with Crippen LogP contribution in [-0.4, -0.2) is 36.7 Å². The lowest BCUT2D eigenvalue weighted by Crippen LogP contribution is -2.32. The van der Waals surface area contributed by atoms with Gasteiger partial charge in [-0.15, -0.1) is 0 Å². The molecule has 1 unspecified atom stereocenters. The first-order valence-electron chi connectivity index (χ1n) is 8.16. The van der Waals surface area contributed by atoms with Crippen molar-refractivity contribution in [3.63, 3.8) is 0 Å². The van der Waals surface area contributed by atoms with Crippen molar-refractivity contribution in [3.05, 3.63) is 23.8 Å². The van der Waals surface area contributed by atoms with E-state index in [1.807, 2.05) is 30.0 Å². The Labute approximate surface area is 131 Å². The number of ether oxygens (including phenoxy) is 2. The molecule has 0 bridgehead atoms. The van der Waals surface area contributed by atoms with Crippen LogP contribution in [0.5, 0.6) is 11.5 Å². The highest BCUT2D eigenvalue weighted by atomic mass is 16.7. The van der Waals surface area contributed by atoms with Gasteiger partial charge in [0.2, 0.25) is 12.7 Å². The molecule has 1 N–H and O–H groups in total. The Morgan fingerprint density at radius 2 is 2.23 bits per heavy atom. The van der Waals surface area contributed by atoms with Crippen molar-refractivity contribution < 1.29 is 14.3 Å². The Morgan fingerprint density at radius 3 is 3.00 bits per heavy atom. The molecule has 2 aliphatic heterocycles. The molecule has 1 saturated heterocycles. The fourth-order valence-corrected chi connectivity index (χ4v) is 3.09. The fourth-order valence-electron chi connectivity index (χ4n) is 3.09. The number of hydrogen-bond acceptors (Lipinski definition) is 4. The molecule has 5 heteroatoms. The molecule has 2 aliphatic rings. The number of hydrogen-bond donors (Lipinski definition) is 1. The molecule has 0 spiro atoms. The molecule has 0 radical (unpaired) electrons. The standard InChI is InChI=1S/C17H24N2O3/c1-2-19(17(20)8-6-14-4-3-9-18-14)11-13-5-7-15-16(10-13)22-12-21-15/h5,7,10,14,18H,2-4,6,8-9,11-12H2,1H3. The number of rotatable bonds is 6. The summed E-state index contributed by atoms with van der Waals surface area (Å²) in [6.45, 7) is 4.76. The van der Waals surface area contributed by atoms with Crippen molar-refractivity contribution in [1.29, 1.82) is 0 Å². The van der Waals surface area contributed by atoms with Crippen molar-refractivity contribution in [2.45, 2.75) is 45.2 Å². The number of carbonyl (C=O) groups excluding carboxylic acids is 1. The van der Waals surface area contributed by atoms with Crippen LogP contribution in [0.25, 0.3) is 0 Å². The largest absolute Gasteiger partial charge is 0.454 e. The van der Waals surface area contributed by atoms with E-state index in [2.05, 4.69) is 5.32 Å². The van der Waals surface area contributed by atoms with E-state index >= 15 is 0 Å². The summed E-state index contributed by atoms with van der Waals surface area (Å²) in [6.07, 6.45) is 3.99. The third-order valence-electron chi connectivity index (χ3n) is 4.41. The Balaban J connectivity index is 1.55. The average molecular weight is 304 g/mol. The maximum Gasteiger partial charge on any atom is 0.231 e. The van der Waals surface area contributed by atoms with Gasteiger partial charge in [0.15, 0.2) is 11.5 Å². The summed E-state index contributed by atoms with van der Waals surface area (Å²) in [4.78, 5) is 14.3. The predicted molar refractivity (Wildman–Crippen MR) is 83.9 cm³/mol. The first kappa shape index (κ1) is 15.2. The summed E-state index contributed by atoms with van der Waals surface area (Å²) in [5.41, 5.74) is 1.08. The zero-order chi connectivity index (χ0) is 15.4. The van der Waals surface area contributed by atoms with E-state index in [-0.39, 0.29) is 12.7 Å². The monoisotopic (exact) mass is 304 g/mol. The maximum absolute atomic E-state index is 12.4. The Kier molecular flexibility index (Phi) is 4.83. The molecule has 1 aromatic rings. The molecule has 22 heavy (non-hydrogen) atoms. The zero-order valence-electron chi connectivity index (χ0n) is 13.1. The lowest BCUT2D eigenvalue weighted by molar-refractivity contribution is -0.131. The lowest BCUT2D eigenvalue weighted by atomic mass is 10.1. The average Bonchev–Trinajstić information content (AvgIpc) is 3.20. The Bertz CT molecular complexity index is 527. The van der Waals surface area contributed by atoms with Crippen LogP contribution < -0.4 is 14.8 Å². The minimum atomic E-state index is 0.230. The van der Waals surface area contributed by atoms with Crippen LogP contribution in [0.4, 0.5) is 0 Å². The second kappa shape index (κ2) is 7.01. The van der Waals surface area contributed by atoms with Gasteiger partial charge >= 0.3 is 0 Å². The summed E-state index contributed by atoms with van der Waals surface area (Å²) in [5.74, 6) is 1.79. The van der Waals surface area contributed by atoms with Gasteiger partial charge < -0.3 is 19.7 Å². The van der Waals surface area contributed by atoms with Crippen molar-refractivity contribution in [2.75, 3.05) is 19.9 Å². The molecule has 1 fully saturated rings. The minimum Gasteiger partial charge on any atom is -0.454 e. The van der Waals surface area contributed by atoms with E-state index in [0.717, 1.165) is 36.6 Å². The van der Waals surface area contributed by atoms with Crippen molar-refractivity contribution in [1.82, 2.24) is 10.2 Å². The smallest absolute Gasteiger partial charge is 0.231 e. The summed E-state index contributed by atoms with van der Waals surface area (Å²) in [5, 5.41) is 3.45. The van der Waals surface area contributed by atoms with Gasteiger partial charge in [-0.25, -0.2) is 0 Å². The molecule has 1 aromatic carbocycles. The van der Waals surface area contributed by atoms with Crippen LogP contribution in [-0.2, 0) is 11.3 Å². The molecule has 1 atom stereocenters. The maximum atomic E-state index is 12.4. The van der Waals surface area contributed by atoms with Gasteiger partial charge in [0.05, 0.1) is 0 Å². The van der Waals surface area contributed by atoms with E-state index in [0.29, 0.717) is 19.0 Å². The second-order valence-electron chi connectivity index (χ2n) is 5.93. The lowest BCUT2D eigenvalue weighted by Gasteiger charge is -2.22. The third-order valence-corrected chi connectivity index (χ3v) is 4.41. The highest BCUT2D eigenvalue weighted by Crippen LogP contribution is 2.32. The summed E-state index contributed by atoms with van der Waals surface area (Å²) < 4.78 is 10.7. The van der Waals surface area contributed by atoms with Crippen LogP contribution in [0.1, 0.15) is 38.2 Å². The number of benzene rings is 1. The number of amides is 1. The van der Waals surface area contributed by atoms with E-state index in [1.165, 1.54) is 12.8 Å². The number of carbonyl (C=O) groups is 1. The van der Waals surface area contributed by atoms with Crippen LogP contribution in [0, 0.1) is 0 Å². The van der Waals surface area contributed by atoms with Gasteiger partial charge in [0, 0.05) is 25.6 Å². The van der Waals surface area contributed by atoms with Gasteiger partial charge in [-0.1, -0.05) is 6.07 Å². The summed E-state index contributed by atoms with van der Waals surface area (Å²) in [7, 11) is 0. The first-order chi connectivity index (χ1) is 10.8. The Morgan fingerprint density at radius 1 is 1.36 bits per heavy atom. The molecule has 3 rings (SSSR count). The van der Waals surface area contributed by atoms with Gasteiger partial charge in [-0.3, -0.25) is 4.79 Å². The Hall–Kier alpha value is -1.75. The van der Waals surface area contributed by atoms with Crippen molar-refractivity contribution in [3.8, 4) is 11.5 Å². The van der Waals surface area contributed by atoms with E-state index in [4.69, 9.17) is 9.47 Å². The SMILES string of the molecule is CCN(Cc1ccc2c(c1)OCO2)C(=O)CCC1CCCN1. The summed E-state index contributed by atoms with van der Waals surface area (Å²) in [6, 6.07) is 6.41. The van der Waals surface area contributed by atoms with Crippen molar-refractivity contribution in [2.24, 2.45) is 0 Å². The zero-order valence-corrected chi connectivity index (χ0v) is 13.1.